The lowest BCUT2D eigenvalue weighted by Gasteiger charge is -2.09. The Morgan fingerprint density at radius 3 is 2.67 bits per heavy atom. The lowest BCUT2D eigenvalue weighted by molar-refractivity contribution is 0.459. The fraction of sp³-hybridized carbons (Fsp3) is 0.214. The van der Waals surface area contributed by atoms with E-state index in [1.165, 1.54) is 5.56 Å². The number of nitrogens with zero attached hydrogens (tertiary/aromatic N) is 1. The molecule has 0 unspecified atom stereocenters. The highest BCUT2D eigenvalue weighted by molar-refractivity contribution is 6.32. The lowest BCUT2D eigenvalue weighted by Crippen LogP contribution is -1.92. The van der Waals surface area contributed by atoms with E-state index in [0.29, 0.717) is 16.8 Å². The van der Waals surface area contributed by atoms with E-state index >= 15 is 0 Å². The molecule has 4 heteroatoms. The van der Waals surface area contributed by atoms with Crippen LogP contribution in [0.5, 0.6) is 11.6 Å². The number of alkyl halides is 1. The fourth-order valence-electron chi connectivity index (χ4n) is 1.64. The largest absolute Gasteiger partial charge is 0.439 e. The van der Waals surface area contributed by atoms with Crippen molar-refractivity contribution in [2.45, 2.75) is 19.7 Å². The van der Waals surface area contributed by atoms with Crippen molar-refractivity contribution in [3.63, 3.8) is 0 Å². The van der Waals surface area contributed by atoms with Crippen LogP contribution in [-0.2, 0) is 5.88 Å². The van der Waals surface area contributed by atoms with Crippen LogP contribution in [0.1, 0.15) is 16.7 Å². The van der Waals surface area contributed by atoms with Crippen LogP contribution < -0.4 is 4.74 Å². The summed E-state index contributed by atoms with van der Waals surface area (Å²) in [6, 6.07) is 7.75. The van der Waals surface area contributed by atoms with Gasteiger partial charge in [0.05, 0.1) is 5.02 Å². The van der Waals surface area contributed by atoms with E-state index in [-0.39, 0.29) is 0 Å². The molecule has 18 heavy (non-hydrogen) atoms. The second-order valence-corrected chi connectivity index (χ2v) is 4.79. The number of aryl methyl sites for hydroxylation is 2. The predicted octanol–water partition coefficient (Wildman–Crippen LogP) is 4.88. The quantitative estimate of drug-likeness (QED) is 0.748. The molecule has 94 valence electrons. The molecule has 0 atom stereocenters. The summed E-state index contributed by atoms with van der Waals surface area (Å²) < 4.78 is 5.73. The molecule has 0 saturated heterocycles. The molecule has 2 aromatic rings. The molecule has 0 aliphatic rings. The normalized spacial score (nSPS) is 10.4. The Morgan fingerprint density at radius 1 is 1.22 bits per heavy atom. The van der Waals surface area contributed by atoms with Gasteiger partial charge in [-0.25, -0.2) is 4.98 Å². The molecule has 0 aliphatic carbocycles. The molecule has 2 rings (SSSR count). The second kappa shape index (κ2) is 5.59. The zero-order valence-corrected chi connectivity index (χ0v) is 11.7. The van der Waals surface area contributed by atoms with Crippen molar-refractivity contribution in [3.8, 4) is 11.6 Å². The van der Waals surface area contributed by atoms with E-state index in [4.69, 9.17) is 27.9 Å². The molecule has 0 radical (unpaired) electrons. The summed E-state index contributed by atoms with van der Waals surface area (Å²) in [6.45, 7) is 4.05. The standard InChI is InChI=1S/C14H13Cl2NO/c1-9-3-4-13(10(2)5-9)18-14-6-11(7-15)12(16)8-17-14/h3-6,8H,7H2,1-2H3. The molecule has 0 spiro atoms. The van der Waals surface area contributed by atoms with Gasteiger partial charge in [0.25, 0.3) is 0 Å². The summed E-state index contributed by atoms with van der Waals surface area (Å²) in [5.74, 6) is 1.63. The third-order valence-corrected chi connectivity index (χ3v) is 3.23. The van der Waals surface area contributed by atoms with Crippen LogP contribution in [0.2, 0.25) is 5.02 Å². The second-order valence-electron chi connectivity index (χ2n) is 4.12. The summed E-state index contributed by atoms with van der Waals surface area (Å²) in [6.07, 6.45) is 1.55. The number of rotatable bonds is 3. The average Bonchev–Trinajstić information content (AvgIpc) is 2.35. The topological polar surface area (TPSA) is 22.1 Å². The van der Waals surface area contributed by atoms with Gasteiger partial charge in [-0.15, -0.1) is 11.6 Å². The van der Waals surface area contributed by atoms with E-state index in [1.54, 1.807) is 12.3 Å². The summed E-state index contributed by atoms with van der Waals surface area (Å²) >= 11 is 11.7. The van der Waals surface area contributed by atoms with Gasteiger partial charge in [-0.1, -0.05) is 29.3 Å². The Hall–Kier alpha value is -1.25. The number of hydrogen-bond donors (Lipinski definition) is 0. The van der Waals surface area contributed by atoms with Crippen molar-refractivity contribution in [2.24, 2.45) is 0 Å². The summed E-state index contributed by atoms with van der Waals surface area (Å²) in [4.78, 5) is 4.13. The smallest absolute Gasteiger partial charge is 0.219 e. The Kier molecular flexibility index (Phi) is 4.10. The van der Waals surface area contributed by atoms with Crippen LogP contribution in [0.25, 0.3) is 0 Å². The van der Waals surface area contributed by atoms with Crippen molar-refractivity contribution >= 4 is 23.2 Å². The first kappa shape index (κ1) is 13.2. The van der Waals surface area contributed by atoms with Gasteiger partial charge in [-0.2, -0.15) is 0 Å². The highest BCUT2D eigenvalue weighted by Crippen LogP contribution is 2.27. The SMILES string of the molecule is Cc1ccc(Oc2cc(CCl)c(Cl)cn2)c(C)c1. The van der Waals surface area contributed by atoms with Gasteiger partial charge in [0, 0.05) is 18.1 Å². The Labute approximate surface area is 117 Å². The predicted molar refractivity (Wildman–Crippen MR) is 74.8 cm³/mol. The number of benzene rings is 1. The van der Waals surface area contributed by atoms with Gasteiger partial charge in [0.2, 0.25) is 5.88 Å². The van der Waals surface area contributed by atoms with Gasteiger partial charge in [-0.3, -0.25) is 0 Å². The molecule has 0 aliphatic heterocycles. The maximum Gasteiger partial charge on any atom is 0.219 e. The number of halogens is 2. The molecule has 1 aromatic heterocycles. The first-order valence-electron chi connectivity index (χ1n) is 5.55. The lowest BCUT2D eigenvalue weighted by atomic mass is 10.1. The van der Waals surface area contributed by atoms with Crippen molar-refractivity contribution in [3.05, 3.63) is 52.2 Å². The first-order chi connectivity index (χ1) is 8.60. The molecule has 0 fully saturated rings. The van der Waals surface area contributed by atoms with Gasteiger partial charge < -0.3 is 4.74 Å². The third-order valence-electron chi connectivity index (χ3n) is 2.60. The van der Waals surface area contributed by atoms with Gasteiger partial charge >= 0.3 is 0 Å². The number of pyridine rings is 1. The van der Waals surface area contributed by atoms with Crippen molar-refractivity contribution in [1.29, 1.82) is 0 Å². The van der Waals surface area contributed by atoms with Crippen LogP contribution >= 0.6 is 23.2 Å². The van der Waals surface area contributed by atoms with Crippen LogP contribution in [0, 0.1) is 13.8 Å². The molecule has 1 heterocycles. The summed E-state index contributed by atoms with van der Waals surface area (Å²) in [5, 5.41) is 0.554. The minimum atomic E-state index is 0.338. The summed E-state index contributed by atoms with van der Waals surface area (Å²) in [5.41, 5.74) is 3.08. The summed E-state index contributed by atoms with van der Waals surface area (Å²) in [7, 11) is 0. The third kappa shape index (κ3) is 2.95. The van der Waals surface area contributed by atoms with Crippen molar-refractivity contribution in [2.75, 3.05) is 0 Å². The van der Waals surface area contributed by atoms with Crippen molar-refractivity contribution < 1.29 is 4.74 Å². The molecule has 0 bridgehead atoms. The molecular weight excluding hydrogens is 269 g/mol. The first-order valence-corrected chi connectivity index (χ1v) is 6.47. The molecule has 0 saturated carbocycles. The van der Waals surface area contributed by atoms with E-state index in [0.717, 1.165) is 16.9 Å². The highest BCUT2D eigenvalue weighted by atomic mass is 35.5. The zero-order valence-electron chi connectivity index (χ0n) is 10.2. The van der Waals surface area contributed by atoms with E-state index in [2.05, 4.69) is 11.1 Å². The maximum atomic E-state index is 5.95. The van der Waals surface area contributed by atoms with Gasteiger partial charge in [0.15, 0.2) is 0 Å². The van der Waals surface area contributed by atoms with E-state index < -0.39 is 0 Å². The molecular formula is C14H13Cl2NO. The van der Waals surface area contributed by atoms with Crippen LogP contribution in [0.4, 0.5) is 0 Å². The Bertz CT molecular complexity index is 570. The minimum absolute atomic E-state index is 0.338. The van der Waals surface area contributed by atoms with Gasteiger partial charge in [-0.05, 0) is 31.0 Å². The molecule has 0 N–H and O–H groups in total. The van der Waals surface area contributed by atoms with Crippen LogP contribution in [-0.4, -0.2) is 4.98 Å². The molecule has 0 amide bonds. The minimum Gasteiger partial charge on any atom is -0.439 e. The maximum absolute atomic E-state index is 5.95. The fourth-order valence-corrected chi connectivity index (χ4v) is 2.10. The van der Waals surface area contributed by atoms with E-state index in [1.807, 2.05) is 26.0 Å². The monoisotopic (exact) mass is 281 g/mol. The number of hydrogen-bond acceptors (Lipinski definition) is 2. The Balaban J connectivity index is 2.28. The molecule has 1 aromatic carbocycles. The Morgan fingerprint density at radius 2 is 2.00 bits per heavy atom. The zero-order chi connectivity index (χ0) is 13.1. The molecule has 2 nitrogen and oxygen atoms in total. The highest BCUT2D eigenvalue weighted by Gasteiger charge is 2.06. The van der Waals surface area contributed by atoms with E-state index in [9.17, 15) is 0 Å². The average molecular weight is 282 g/mol. The number of ether oxygens (including phenoxy) is 1. The number of aromatic nitrogens is 1. The van der Waals surface area contributed by atoms with Crippen LogP contribution in [0.3, 0.4) is 0 Å². The van der Waals surface area contributed by atoms with Crippen LogP contribution in [0.15, 0.2) is 30.5 Å². The van der Waals surface area contributed by atoms with Crippen molar-refractivity contribution in [1.82, 2.24) is 4.98 Å². The van der Waals surface area contributed by atoms with Gasteiger partial charge in [0.1, 0.15) is 5.75 Å².